The molecule has 0 saturated carbocycles. The summed E-state index contributed by atoms with van der Waals surface area (Å²) in [6.07, 6.45) is -0.0313. The molecule has 7 heteroatoms. The molecule has 0 radical (unpaired) electrons. The van der Waals surface area contributed by atoms with Crippen molar-refractivity contribution in [1.29, 1.82) is 0 Å². The molecule has 1 amide bonds. The molecule has 1 atom stereocenters. The highest BCUT2D eigenvalue weighted by Crippen LogP contribution is 2.17. The summed E-state index contributed by atoms with van der Waals surface area (Å²) in [5.41, 5.74) is 5.46. The van der Waals surface area contributed by atoms with Crippen molar-refractivity contribution in [3.63, 3.8) is 0 Å². The lowest BCUT2D eigenvalue weighted by atomic mass is 10.1. The second-order valence-electron chi connectivity index (χ2n) is 4.06. The predicted molar refractivity (Wildman–Crippen MR) is 69.3 cm³/mol. The van der Waals surface area contributed by atoms with Gasteiger partial charge in [0.25, 0.3) is 0 Å². The Balaban J connectivity index is 3.15. The van der Waals surface area contributed by atoms with Gasteiger partial charge in [-0.3, -0.25) is 9.59 Å². The number of hydrogen-bond acceptors (Lipinski definition) is 4. The van der Waals surface area contributed by atoms with Gasteiger partial charge >= 0.3 is 5.97 Å². The maximum Gasteiger partial charge on any atom is 0.321 e. The molecule has 1 rings (SSSR count). The number of carbonyl (C=O) groups excluding carboxylic acids is 1. The minimum Gasteiger partial charge on any atom is -0.480 e. The Labute approximate surface area is 111 Å². The van der Waals surface area contributed by atoms with E-state index in [-0.39, 0.29) is 17.5 Å². The Morgan fingerprint density at radius 1 is 1.32 bits per heavy atom. The van der Waals surface area contributed by atoms with Gasteiger partial charge in [0.15, 0.2) is 15.1 Å². The minimum absolute atomic E-state index is 0.0313. The van der Waals surface area contributed by atoms with Gasteiger partial charge in [-0.15, -0.1) is 0 Å². The SMILES string of the molecule is CCC(C(=O)O)S(=O)(=O)Cc1ccccc1C(N)=O. The van der Waals surface area contributed by atoms with Crippen LogP contribution in [0.25, 0.3) is 0 Å². The zero-order chi connectivity index (χ0) is 14.6. The third kappa shape index (κ3) is 3.54. The number of hydrogen-bond donors (Lipinski definition) is 2. The largest absolute Gasteiger partial charge is 0.480 e. The van der Waals surface area contributed by atoms with Crippen molar-refractivity contribution >= 4 is 21.7 Å². The van der Waals surface area contributed by atoms with Gasteiger partial charge in [-0.25, -0.2) is 8.42 Å². The molecular formula is C12H15NO5S. The van der Waals surface area contributed by atoms with E-state index >= 15 is 0 Å². The minimum atomic E-state index is -3.89. The summed E-state index contributed by atoms with van der Waals surface area (Å²) >= 11 is 0. The van der Waals surface area contributed by atoms with Gasteiger partial charge in [-0.1, -0.05) is 25.1 Å². The van der Waals surface area contributed by atoms with Crippen LogP contribution in [0.1, 0.15) is 29.3 Å². The lowest BCUT2D eigenvalue weighted by Crippen LogP contribution is -2.31. The number of carboxylic acid groups (broad SMARTS) is 1. The molecule has 1 aromatic rings. The second-order valence-corrected chi connectivity index (χ2v) is 6.25. The number of nitrogens with two attached hydrogens (primary N) is 1. The van der Waals surface area contributed by atoms with E-state index in [0.717, 1.165) is 0 Å². The Morgan fingerprint density at radius 2 is 1.89 bits per heavy atom. The van der Waals surface area contributed by atoms with Crippen molar-refractivity contribution in [3.05, 3.63) is 35.4 Å². The van der Waals surface area contributed by atoms with E-state index in [2.05, 4.69) is 0 Å². The standard InChI is InChI=1S/C12H15NO5S/c1-2-10(12(15)16)19(17,18)7-8-5-3-4-6-9(8)11(13)14/h3-6,10H,2,7H2,1H3,(H2,13,14)(H,15,16). The quantitative estimate of drug-likeness (QED) is 0.792. The van der Waals surface area contributed by atoms with E-state index in [1.165, 1.54) is 19.1 Å². The summed E-state index contributed by atoms with van der Waals surface area (Å²) in [6, 6.07) is 5.99. The summed E-state index contributed by atoms with van der Waals surface area (Å²) < 4.78 is 24.0. The van der Waals surface area contributed by atoms with E-state index in [0.29, 0.717) is 0 Å². The van der Waals surface area contributed by atoms with Crippen LogP contribution in [0.2, 0.25) is 0 Å². The Bertz CT molecular complexity index is 594. The van der Waals surface area contributed by atoms with Gasteiger partial charge < -0.3 is 10.8 Å². The third-order valence-electron chi connectivity index (χ3n) is 2.72. The van der Waals surface area contributed by atoms with Crippen LogP contribution in [0.15, 0.2) is 24.3 Å². The number of benzene rings is 1. The molecule has 0 aliphatic heterocycles. The molecule has 104 valence electrons. The van der Waals surface area contributed by atoms with Crippen LogP contribution in [0.5, 0.6) is 0 Å². The third-order valence-corrected chi connectivity index (χ3v) is 4.83. The zero-order valence-corrected chi connectivity index (χ0v) is 11.2. The smallest absolute Gasteiger partial charge is 0.321 e. The first-order chi connectivity index (χ1) is 8.79. The fourth-order valence-corrected chi connectivity index (χ4v) is 3.49. The van der Waals surface area contributed by atoms with Crippen molar-refractivity contribution in [1.82, 2.24) is 0 Å². The van der Waals surface area contributed by atoms with E-state index in [4.69, 9.17) is 10.8 Å². The van der Waals surface area contributed by atoms with E-state index in [9.17, 15) is 18.0 Å². The normalized spacial score (nSPS) is 12.9. The molecule has 0 saturated heterocycles. The number of amides is 1. The molecule has 3 N–H and O–H groups in total. The lowest BCUT2D eigenvalue weighted by molar-refractivity contribution is -0.136. The van der Waals surface area contributed by atoms with Crippen molar-refractivity contribution < 1.29 is 23.1 Å². The maximum absolute atomic E-state index is 12.0. The Morgan fingerprint density at radius 3 is 2.37 bits per heavy atom. The second kappa shape index (κ2) is 5.83. The summed E-state index contributed by atoms with van der Waals surface area (Å²) in [6.45, 7) is 1.48. The van der Waals surface area contributed by atoms with Crippen LogP contribution in [0.4, 0.5) is 0 Å². The van der Waals surface area contributed by atoms with Gasteiger partial charge in [0.1, 0.15) is 0 Å². The van der Waals surface area contributed by atoms with Gasteiger partial charge in [0, 0.05) is 5.56 Å². The number of carbonyl (C=O) groups is 2. The Hall–Kier alpha value is -1.89. The van der Waals surface area contributed by atoms with Crippen molar-refractivity contribution in [2.24, 2.45) is 5.73 Å². The highest BCUT2D eigenvalue weighted by atomic mass is 32.2. The predicted octanol–water partition coefficient (Wildman–Crippen LogP) is 0.564. The molecule has 0 heterocycles. The topological polar surface area (TPSA) is 115 Å². The number of rotatable bonds is 6. The van der Waals surface area contributed by atoms with Crippen LogP contribution in [0, 0.1) is 0 Å². The summed E-state index contributed by atoms with van der Waals surface area (Å²) in [5.74, 6) is -2.65. The number of primary amides is 1. The maximum atomic E-state index is 12.0. The molecule has 0 spiro atoms. The van der Waals surface area contributed by atoms with Gasteiger partial charge in [0.05, 0.1) is 5.75 Å². The number of aliphatic carboxylic acids is 1. The van der Waals surface area contributed by atoms with E-state index in [1.807, 2.05) is 0 Å². The molecular weight excluding hydrogens is 270 g/mol. The fourth-order valence-electron chi connectivity index (χ4n) is 1.79. The molecule has 0 bridgehead atoms. The molecule has 6 nitrogen and oxygen atoms in total. The summed E-state index contributed by atoms with van der Waals surface area (Å²) in [7, 11) is -3.89. The van der Waals surface area contributed by atoms with Gasteiger partial charge in [-0.2, -0.15) is 0 Å². The average molecular weight is 285 g/mol. The van der Waals surface area contributed by atoms with Crippen molar-refractivity contribution in [2.75, 3.05) is 0 Å². The molecule has 0 aliphatic carbocycles. The fraction of sp³-hybridized carbons (Fsp3) is 0.333. The van der Waals surface area contributed by atoms with Crippen LogP contribution in [-0.4, -0.2) is 30.7 Å². The van der Waals surface area contributed by atoms with Crippen LogP contribution in [0.3, 0.4) is 0 Å². The van der Waals surface area contributed by atoms with Gasteiger partial charge in [-0.05, 0) is 18.1 Å². The van der Waals surface area contributed by atoms with Crippen LogP contribution < -0.4 is 5.73 Å². The van der Waals surface area contributed by atoms with Crippen molar-refractivity contribution in [2.45, 2.75) is 24.3 Å². The van der Waals surface area contributed by atoms with Crippen LogP contribution >= 0.6 is 0 Å². The number of carboxylic acids is 1. The monoisotopic (exact) mass is 285 g/mol. The molecule has 0 aliphatic rings. The van der Waals surface area contributed by atoms with Gasteiger partial charge in [0.2, 0.25) is 5.91 Å². The zero-order valence-electron chi connectivity index (χ0n) is 10.4. The first-order valence-electron chi connectivity index (χ1n) is 5.61. The number of sulfone groups is 1. The molecule has 1 unspecified atom stereocenters. The summed E-state index contributed by atoms with van der Waals surface area (Å²) in [4.78, 5) is 22.1. The van der Waals surface area contributed by atoms with Crippen LogP contribution in [-0.2, 0) is 20.4 Å². The van der Waals surface area contributed by atoms with E-state index in [1.54, 1.807) is 12.1 Å². The average Bonchev–Trinajstić information content (AvgIpc) is 2.28. The Kier molecular flexibility index (Phi) is 4.66. The molecule has 0 fully saturated rings. The highest BCUT2D eigenvalue weighted by molar-refractivity contribution is 7.92. The van der Waals surface area contributed by atoms with Crippen molar-refractivity contribution in [3.8, 4) is 0 Å². The molecule has 1 aromatic carbocycles. The molecule has 0 aromatic heterocycles. The first kappa shape index (κ1) is 15.2. The molecule has 19 heavy (non-hydrogen) atoms. The first-order valence-corrected chi connectivity index (χ1v) is 7.33. The van der Waals surface area contributed by atoms with E-state index < -0.39 is 32.7 Å². The summed E-state index contributed by atoms with van der Waals surface area (Å²) in [5, 5.41) is 7.42. The lowest BCUT2D eigenvalue weighted by Gasteiger charge is -2.12. The highest BCUT2D eigenvalue weighted by Gasteiger charge is 2.31.